The first-order chi connectivity index (χ1) is 6.64. The Balaban J connectivity index is 3.17. The molecule has 1 rings (SSSR count). The fourth-order valence-electron chi connectivity index (χ4n) is 1.59. The lowest BCUT2D eigenvalue weighted by Gasteiger charge is -2.25. The normalized spacial score (nSPS) is 21.5. The van der Waals surface area contributed by atoms with Gasteiger partial charge in [0.2, 0.25) is 0 Å². The van der Waals surface area contributed by atoms with E-state index in [1.54, 1.807) is 20.8 Å². The molecule has 86 valence electrons. The summed E-state index contributed by atoms with van der Waals surface area (Å²) < 4.78 is -2.03. The van der Waals surface area contributed by atoms with Crippen LogP contribution in [0.1, 0.15) is 20.8 Å². The standard InChI is InChI=1S/C8H11Cl3N2O2/c1-4-12-6(15)13(8(9,10)11)5(14)7(12,2)3/h4H2,1-3H3. The van der Waals surface area contributed by atoms with Crippen molar-refractivity contribution in [2.24, 2.45) is 0 Å². The van der Waals surface area contributed by atoms with Crippen molar-refractivity contribution in [2.45, 2.75) is 30.2 Å². The van der Waals surface area contributed by atoms with Gasteiger partial charge in [-0.05, 0) is 20.8 Å². The van der Waals surface area contributed by atoms with Crippen LogP contribution in [0.5, 0.6) is 0 Å². The highest BCUT2D eigenvalue weighted by molar-refractivity contribution is 6.68. The zero-order valence-electron chi connectivity index (χ0n) is 8.55. The third-order valence-corrected chi connectivity index (χ3v) is 2.90. The van der Waals surface area contributed by atoms with Crippen LogP contribution in [0.15, 0.2) is 0 Å². The summed E-state index contributed by atoms with van der Waals surface area (Å²) in [6, 6.07) is -0.576. The van der Waals surface area contributed by atoms with Crippen molar-refractivity contribution in [2.75, 3.05) is 6.54 Å². The van der Waals surface area contributed by atoms with Gasteiger partial charge in [-0.3, -0.25) is 4.79 Å². The molecule has 0 radical (unpaired) electrons. The number of alkyl halides is 3. The van der Waals surface area contributed by atoms with Crippen LogP contribution < -0.4 is 0 Å². The minimum atomic E-state index is -2.03. The van der Waals surface area contributed by atoms with Crippen molar-refractivity contribution in [1.29, 1.82) is 0 Å². The molecule has 3 amide bonds. The summed E-state index contributed by atoms with van der Waals surface area (Å²) in [5, 5.41) is 0. The molecule has 1 saturated heterocycles. The molecule has 1 fully saturated rings. The third-order valence-electron chi connectivity index (χ3n) is 2.39. The zero-order valence-corrected chi connectivity index (χ0v) is 10.8. The van der Waals surface area contributed by atoms with Gasteiger partial charge in [0.25, 0.3) is 9.82 Å². The van der Waals surface area contributed by atoms with E-state index in [1.807, 2.05) is 0 Å². The predicted molar refractivity (Wildman–Crippen MR) is 59.0 cm³/mol. The first kappa shape index (κ1) is 12.9. The third kappa shape index (κ3) is 1.90. The van der Waals surface area contributed by atoms with Crippen molar-refractivity contribution in [3.8, 4) is 0 Å². The van der Waals surface area contributed by atoms with Gasteiger partial charge in [0.05, 0.1) is 0 Å². The molecule has 15 heavy (non-hydrogen) atoms. The van der Waals surface area contributed by atoms with Crippen LogP contribution in [-0.4, -0.2) is 37.7 Å². The SMILES string of the molecule is CCN1C(=O)N(C(Cl)(Cl)Cl)C(=O)C1(C)C. The van der Waals surface area contributed by atoms with Gasteiger partial charge in [0.1, 0.15) is 5.54 Å². The van der Waals surface area contributed by atoms with Gasteiger partial charge in [-0.25, -0.2) is 9.69 Å². The van der Waals surface area contributed by atoms with E-state index in [-0.39, 0.29) is 0 Å². The average molecular weight is 274 g/mol. The summed E-state index contributed by atoms with van der Waals surface area (Å²) in [7, 11) is 0. The monoisotopic (exact) mass is 272 g/mol. The second-order valence-corrected chi connectivity index (χ2v) is 5.92. The number of urea groups is 1. The number of rotatable bonds is 1. The maximum Gasteiger partial charge on any atom is 0.331 e. The van der Waals surface area contributed by atoms with Gasteiger partial charge in [-0.15, -0.1) is 0 Å². The molecule has 1 heterocycles. The smallest absolute Gasteiger partial charge is 0.310 e. The van der Waals surface area contributed by atoms with Crippen molar-refractivity contribution in [3.05, 3.63) is 0 Å². The fraction of sp³-hybridized carbons (Fsp3) is 0.750. The van der Waals surface area contributed by atoms with Crippen LogP contribution >= 0.6 is 34.8 Å². The van der Waals surface area contributed by atoms with Gasteiger partial charge in [0, 0.05) is 6.54 Å². The Morgan fingerprint density at radius 2 is 1.73 bits per heavy atom. The van der Waals surface area contributed by atoms with E-state index in [9.17, 15) is 9.59 Å². The van der Waals surface area contributed by atoms with Gasteiger partial charge >= 0.3 is 6.03 Å². The Morgan fingerprint density at radius 3 is 1.93 bits per heavy atom. The van der Waals surface area contributed by atoms with Crippen LogP contribution in [0.3, 0.4) is 0 Å². The minimum absolute atomic E-state index is 0.384. The van der Waals surface area contributed by atoms with Crippen molar-refractivity contribution >= 4 is 46.7 Å². The largest absolute Gasteiger partial charge is 0.331 e. The van der Waals surface area contributed by atoms with E-state index in [0.29, 0.717) is 11.4 Å². The number of carbonyl (C=O) groups excluding carboxylic acids is 2. The molecule has 0 aromatic heterocycles. The number of carbonyl (C=O) groups is 2. The number of amides is 3. The lowest BCUT2D eigenvalue weighted by molar-refractivity contribution is -0.132. The molecule has 0 aromatic rings. The summed E-state index contributed by atoms with van der Waals surface area (Å²) in [5.41, 5.74) is -0.963. The number of hydrogen-bond acceptors (Lipinski definition) is 2. The van der Waals surface area contributed by atoms with Gasteiger partial charge < -0.3 is 4.90 Å². The molecular formula is C8H11Cl3N2O2. The lowest BCUT2D eigenvalue weighted by Crippen LogP contribution is -2.44. The predicted octanol–water partition coefficient (Wildman–Crippen LogP) is 2.38. The summed E-state index contributed by atoms with van der Waals surface area (Å²) in [6.45, 7) is 5.38. The number of likely N-dealkylation sites (N-methyl/N-ethyl adjacent to an activating group) is 1. The highest BCUT2D eigenvalue weighted by Crippen LogP contribution is 2.39. The second kappa shape index (κ2) is 3.68. The van der Waals surface area contributed by atoms with Crippen molar-refractivity contribution in [3.63, 3.8) is 0 Å². The molecule has 0 unspecified atom stereocenters. The average Bonchev–Trinajstić information content (AvgIpc) is 2.17. The second-order valence-electron chi connectivity index (χ2n) is 3.69. The maximum atomic E-state index is 11.9. The molecule has 0 bridgehead atoms. The highest BCUT2D eigenvalue weighted by Gasteiger charge is 2.56. The van der Waals surface area contributed by atoms with Crippen molar-refractivity contribution in [1.82, 2.24) is 9.80 Å². The molecule has 0 aliphatic carbocycles. The number of nitrogens with zero attached hydrogens (tertiary/aromatic N) is 2. The summed E-state index contributed by atoms with van der Waals surface area (Å²) in [5.74, 6) is -0.505. The van der Waals surface area contributed by atoms with E-state index < -0.39 is 21.4 Å². The first-order valence-corrected chi connectivity index (χ1v) is 5.50. The summed E-state index contributed by atoms with van der Waals surface area (Å²) in [6.07, 6.45) is 0. The number of imide groups is 1. The Hall–Kier alpha value is -0.190. The van der Waals surface area contributed by atoms with E-state index in [0.717, 1.165) is 0 Å². The Kier molecular flexibility index (Phi) is 3.16. The topological polar surface area (TPSA) is 40.6 Å². The van der Waals surface area contributed by atoms with Crippen LogP contribution in [0.25, 0.3) is 0 Å². The van der Waals surface area contributed by atoms with Crippen LogP contribution in [0, 0.1) is 0 Å². The fourth-order valence-corrected chi connectivity index (χ4v) is 2.04. The van der Waals surface area contributed by atoms with Crippen molar-refractivity contribution < 1.29 is 9.59 Å². The molecule has 4 nitrogen and oxygen atoms in total. The Morgan fingerprint density at radius 1 is 1.27 bits per heavy atom. The zero-order chi connectivity index (χ0) is 12.0. The van der Waals surface area contributed by atoms with E-state index in [4.69, 9.17) is 34.8 Å². The molecule has 1 aliphatic heterocycles. The molecule has 0 N–H and O–H groups in total. The van der Waals surface area contributed by atoms with E-state index >= 15 is 0 Å². The molecule has 0 saturated carbocycles. The summed E-state index contributed by atoms with van der Waals surface area (Å²) in [4.78, 5) is 25.7. The Bertz CT molecular complexity index is 311. The van der Waals surface area contributed by atoms with Gasteiger partial charge in [-0.2, -0.15) is 0 Å². The molecular weight excluding hydrogens is 262 g/mol. The van der Waals surface area contributed by atoms with Crippen LogP contribution in [0.2, 0.25) is 0 Å². The quantitative estimate of drug-likeness (QED) is 0.418. The van der Waals surface area contributed by atoms with Gasteiger partial charge in [0.15, 0.2) is 0 Å². The number of halogens is 3. The molecule has 7 heteroatoms. The molecule has 0 atom stereocenters. The van der Waals surface area contributed by atoms with Gasteiger partial charge in [-0.1, -0.05) is 34.8 Å². The maximum absolute atomic E-state index is 11.9. The molecule has 0 spiro atoms. The molecule has 0 aromatic carbocycles. The van der Waals surface area contributed by atoms with Crippen LogP contribution in [0.4, 0.5) is 4.79 Å². The summed E-state index contributed by atoms with van der Waals surface area (Å²) >= 11 is 16.7. The molecule has 1 aliphatic rings. The van der Waals surface area contributed by atoms with Crippen LogP contribution in [-0.2, 0) is 4.79 Å². The first-order valence-electron chi connectivity index (χ1n) is 4.37. The Labute approximate surface area is 103 Å². The number of hydrogen-bond donors (Lipinski definition) is 0. The minimum Gasteiger partial charge on any atom is -0.310 e. The van der Waals surface area contributed by atoms with E-state index in [1.165, 1.54) is 4.90 Å². The van der Waals surface area contributed by atoms with E-state index in [2.05, 4.69) is 0 Å². The highest BCUT2D eigenvalue weighted by atomic mass is 35.6. The lowest BCUT2D eigenvalue weighted by atomic mass is 10.0.